The molecule has 0 aromatic carbocycles. The summed E-state index contributed by atoms with van der Waals surface area (Å²) < 4.78 is 10.2. The number of hydrogen-bond donors (Lipinski definition) is 1. The molecule has 0 fully saturated rings. The molecule has 0 aliphatic carbocycles. The molecule has 0 aromatic rings. The fourth-order valence-corrected chi connectivity index (χ4v) is 1.77. The standard InChI is InChI=1S/C14H24N2O6S/c1-13(2,3)21-11(19)15-10(23-7)16(8-9(17)18)12(20)22-14(4,5)6/h8H2,1-7H3,(H,17,18). The van der Waals surface area contributed by atoms with E-state index in [0.29, 0.717) is 0 Å². The van der Waals surface area contributed by atoms with Gasteiger partial charge in [-0.1, -0.05) is 11.8 Å². The van der Waals surface area contributed by atoms with E-state index in [4.69, 9.17) is 14.6 Å². The van der Waals surface area contributed by atoms with E-state index in [0.717, 1.165) is 16.7 Å². The van der Waals surface area contributed by atoms with Crippen molar-refractivity contribution in [2.75, 3.05) is 12.8 Å². The minimum absolute atomic E-state index is 0.115. The van der Waals surface area contributed by atoms with Crippen molar-refractivity contribution in [3.8, 4) is 0 Å². The number of thioether (sulfide) groups is 1. The van der Waals surface area contributed by atoms with Gasteiger partial charge in [0.15, 0.2) is 5.17 Å². The van der Waals surface area contributed by atoms with Gasteiger partial charge >= 0.3 is 18.2 Å². The zero-order valence-electron chi connectivity index (χ0n) is 14.5. The number of nitrogens with zero attached hydrogens (tertiary/aromatic N) is 2. The van der Waals surface area contributed by atoms with Gasteiger partial charge in [-0.25, -0.2) is 14.5 Å². The quantitative estimate of drug-likeness (QED) is 0.604. The van der Waals surface area contributed by atoms with Crippen LogP contribution in [0.4, 0.5) is 9.59 Å². The molecule has 0 rings (SSSR count). The average molecular weight is 348 g/mol. The van der Waals surface area contributed by atoms with E-state index in [2.05, 4.69) is 4.99 Å². The number of amides is 2. The molecule has 0 spiro atoms. The number of carboxylic acid groups (broad SMARTS) is 1. The Kier molecular flexibility index (Phi) is 7.56. The monoisotopic (exact) mass is 348 g/mol. The molecule has 0 aliphatic heterocycles. The Morgan fingerprint density at radius 1 is 1.04 bits per heavy atom. The lowest BCUT2D eigenvalue weighted by molar-refractivity contribution is -0.137. The van der Waals surface area contributed by atoms with Gasteiger partial charge in [-0.05, 0) is 47.8 Å². The Balaban J connectivity index is 5.43. The van der Waals surface area contributed by atoms with Crippen LogP contribution >= 0.6 is 11.8 Å². The van der Waals surface area contributed by atoms with Crippen LogP contribution in [0, 0.1) is 0 Å². The lowest BCUT2D eigenvalue weighted by atomic mass is 10.2. The van der Waals surface area contributed by atoms with E-state index >= 15 is 0 Å². The van der Waals surface area contributed by atoms with Crippen LogP contribution in [0.15, 0.2) is 4.99 Å². The highest BCUT2D eigenvalue weighted by Crippen LogP contribution is 2.15. The minimum atomic E-state index is -1.26. The van der Waals surface area contributed by atoms with Crippen LogP contribution in [-0.2, 0) is 14.3 Å². The zero-order valence-corrected chi connectivity index (χ0v) is 15.3. The lowest BCUT2D eigenvalue weighted by Crippen LogP contribution is -2.43. The molecule has 132 valence electrons. The van der Waals surface area contributed by atoms with Crippen LogP contribution in [0.5, 0.6) is 0 Å². The number of amidine groups is 1. The van der Waals surface area contributed by atoms with Crippen LogP contribution in [0.25, 0.3) is 0 Å². The smallest absolute Gasteiger partial charge is 0.436 e. The lowest BCUT2D eigenvalue weighted by Gasteiger charge is -2.26. The fourth-order valence-electron chi connectivity index (χ4n) is 1.24. The van der Waals surface area contributed by atoms with Crippen LogP contribution in [0.3, 0.4) is 0 Å². The second kappa shape index (κ2) is 8.19. The maximum atomic E-state index is 12.2. The highest BCUT2D eigenvalue weighted by atomic mass is 32.2. The molecule has 1 N–H and O–H groups in total. The third kappa shape index (κ3) is 9.77. The molecule has 0 saturated heterocycles. The summed E-state index contributed by atoms with van der Waals surface area (Å²) >= 11 is 0.940. The largest absolute Gasteiger partial charge is 0.480 e. The van der Waals surface area contributed by atoms with Gasteiger partial charge in [-0.15, -0.1) is 0 Å². The highest BCUT2D eigenvalue weighted by molar-refractivity contribution is 8.13. The van der Waals surface area contributed by atoms with Crippen LogP contribution in [0.2, 0.25) is 0 Å². The Morgan fingerprint density at radius 3 is 1.87 bits per heavy atom. The summed E-state index contributed by atoms with van der Waals surface area (Å²) in [7, 11) is 0. The van der Waals surface area contributed by atoms with Gasteiger partial charge in [0.05, 0.1) is 0 Å². The summed E-state index contributed by atoms with van der Waals surface area (Å²) in [6.07, 6.45) is -0.264. The maximum absolute atomic E-state index is 12.2. The number of hydrogen-bond acceptors (Lipinski definition) is 6. The Bertz CT molecular complexity index is 490. The first-order chi connectivity index (χ1) is 10.2. The first-order valence-corrected chi connectivity index (χ1v) is 8.05. The predicted molar refractivity (Wildman–Crippen MR) is 87.8 cm³/mol. The molecule has 2 amide bonds. The first kappa shape index (κ1) is 21.2. The maximum Gasteiger partial charge on any atom is 0.436 e. The van der Waals surface area contributed by atoms with Crippen molar-refractivity contribution in [2.24, 2.45) is 4.99 Å². The summed E-state index contributed by atoms with van der Waals surface area (Å²) in [5.74, 6) is -1.26. The Hall–Kier alpha value is -1.77. The number of rotatable bonds is 2. The summed E-state index contributed by atoms with van der Waals surface area (Å²) in [6, 6.07) is 0. The van der Waals surface area contributed by atoms with Gasteiger partial charge < -0.3 is 14.6 Å². The number of ether oxygens (including phenoxy) is 2. The van der Waals surface area contributed by atoms with E-state index in [1.165, 1.54) is 0 Å². The van der Waals surface area contributed by atoms with Gasteiger partial charge in [0.25, 0.3) is 0 Å². The van der Waals surface area contributed by atoms with Crippen molar-refractivity contribution in [3.63, 3.8) is 0 Å². The molecule has 0 heterocycles. The number of aliphatic imine (C=N–C) groups is 1. The highest BCUT2D eigenvalue weighted by Gasteiger charge is 2.28. The normalized spacial score (nSPS) is 12.6. The van der Waals surface area contributed by atoms with Gasteiger partial charge in [-0.2, -0.15) is 4.99 Å². The van der Waals surface area contributed by atoms with E-state index in [9.17, 15) is 14.4 Å². The second-order valence-corrected chi connectivity index (χ2v) is 7.31. The SMILES string of the molecule is CSC(=NC(=O)OC(C)(C)C)N(CC(=O)O)C(=O)OC(C)(C)C. The van der Waals surface area contributed by atoms with Crippen molar-refractivity contribution in [1.29, 1.82) is 0 Å². The number of carboxylic acids is 1. The average Bonchev–Trinajstić information content (AvgIpc) is 2.28. The molecular weight excluding hydrogens is 324 g/mol. The number of carbonyl (C=O) groups excluding carboxylic acids is 2. The molecule has 8 nitrogen and oxygen atoms in total. The zero-order chi connectivity index (χ0) is 18.4. The van der Waals surface area contributed by atoms with Crippen LogP contribution in [-0.4, -0.2) is 57.3 Å². The van der Waals surface area contributed by atoms with Crippen LogP contribution in [0.1, 0.15) is 41.5 Å². The third-order valence-corrected chi connectivity index (χ3v) is 2.58. The van der Waals surface area contributed by atoms with E-state index in [1.807, 2.05) is 0 Å². The molecular formula is C14H24N2O6S. The predicted octanol–water partition coefficient (Wildman–Crippen LogP) is 2.96. The molecule has 0 bridgehead atoms. The third-order valence-electron chi connectivity index (χ3n) is 1.90. The molecule has 0 saturated carbocycles. The number of carbonyl (C=O) groups is 3. The molecule has 9 heteroatoms. The molecule has 23 heavy (non-hydrogen) atoms. The van der Waals surface area contributed by atoms with Gasteiger partial charge in [-0.3, -0.25) is 4.79 Å². The molecule has 0 aliphatic rings. The van der Waals surface area contributed by atoms with E-state index in [-0.39, 0.29) is 5.17 Å². The van der Waals surface area contributed by atoms with E-state index in [1.54, 1.807) is 47.8 Å². The summed E-state index contributed by atoms with van der Waals surface area (Å²) in [4.78, 5) is 39.4. The van der Waals surface area contributed by atoms with Gasteiger partial charge in [0, 0.05) is 0 Å². The van der Waals surface area contributed by atoms with E-state index < -0.39 is 35.9 Å². The van der Waals surface area contributed by atoms with Crippen LogP contribution < -0.4 is 0 Å². The van der Waals surface area contributed by atoms with Crippen molar-refractivity contribution in [3.05, 3.63) is 0 Å². The van der Waals surface area contributed by atoms with Crippen molar-refractivity contribution < 1.29 is 29.0 Å². The van der Waals surface area contributed by atoms with Gasteiger partial charge in [0.1, 0.15) is 17.7 Å². The van der Waals surface area contributed by atoms with Crippen molar-refractivity contribution >= 4 is 35.1 Å². The Labute approximate surface area is 140 Å². The summed E-state index contributed by atoms with van der Waals surface area (Å²) in [5.41, 5.74) is -1.57. The molecule has 0 radical (unpaired) electrons. The fraction of sp³-hybridized carbons (Fsp3) is 0.714. The second-order valence-electron chi connectivity index (χ2n) is 6.54. The van der Waals surface area contributed by atoms with Crippen molar-refractivity contribution in [2.45, 2.75) is 52.7 Å². The number of aliphatic carboxylic acids is 1. The minimum Gasteiger partial charge on any atom is -0.480 e. The first-order valence-electron chi connectivity index (χ1n) is 6.83. The van der Waals surface area contributed by atoms with Gasteiger partial charge in [0.2, 0.25) is 0 Å². The molecule has 0 aromatic heterocycles. The summed E-state index contributed by atoms with van der Waals surface area (Å²) in [6.45, 7) is 9.26. The van der Waals surface area contributed by atoms with Crippen molar-refractivity contribution in [1.82, 2.24) is 4.90 Å². The molecule has 0 unspecified atom stereocenters. The topological polar surface area (TPSA) is 106 Å². The Morgan fingerprint density at radius 2 is 1.52 bits per heavy atom. The summed E-state index contributed by atoms with van der Waals surface area (Å²) in [5, 5.41) is 8.85. The molecule has 0 atom stereocenters.